The molecule has 0 heterocycles. The zero-order chi connectivity index (χ0) is 15.4. The second kappa shape index (κ2) is 6.72. The first-order valence-corrected chi connectivity index (χ1v) is 7.27. The third-order valence-corrected chi connectivity index (χ3v) is 3.58. The number of rotatable bonds is 5. The van der Waals surface area contributed by atoms with Crippen LogP contribution in [0.3, 0.4) is 0 Å². The van der Waals surface area contributed by atoms with Crippen LogP contribution in [-0.2, 0) is 6.54 Å². The Morgan fingerprint density at radius 3 is 2.24 bits per heavy atom. The Bertz CT molecular complexity index is 581. The van der Waals surface area contributed by atoms with Gasteiger partial charge in [0.25, 0.3) is 0 Å². The zero-order valence-corrected chi connectivity index (χ0v) is 12.8. The molecule has 2 rings (SSSR count). The Morgan fingerprint density at radius 1 is 1.00 bits per heavy atom. The van der Waals surface area contributed by atoms with Gasteiger partial charge in [0.15, 0.2) is 0 Å². The summed E-state index contributed by atoms with van der Waals surface area (Å²) in [6.45, 7) is 6.42. The molecule has 1 N–H and O–H groups in total. The van der Waals surface area contributed by atoms with Gasteiger partial charge in [-0.2, -0.15) is 0 Å². The number of aliphatic hydroxyl groups is 1. The van der Waals surface area contributed by atoms with Crippen LogP contribution in [0.5, 0.6) is 0 Å². The lowest BCUT2D eigenvalue weighted by atomic mass is 10.0. The van der Waals surface area contributed by atoms with Crippen molar-refractivity contribution in [3.8, 4) is 0 Å². The van der Waals surface area contributed by atoms with E-state index < -0.39 is 6.10 Å². The minimum absolute atomic E-state index is 0.199. The van der Waals surface area contributed by atoms with E-state index in [2.05, 4.69) is 30.9 Å². The summed E-state index contributed by atoms with van der Waals surface area (Å²) in [6.07, 6.45) is -0.835. The molecule has 0 spiro atoms. The largest absolute Gasteiger partial charge is 0.389 e. The summed E-state index contributed by atoms with van der Waals surface area (Å²) >= 11 is 0. The second-order valence-corrected chi connectivity index (χ2v) is 5.56. The summed E-state index contributed by atoms with van der Waals surface area (Å²) in [5.41, 5.74) is 2.28. The maximum absolute atomic E-state index is 14.1. The number of hydrogen-bond acceptors (Lipinski definition) is 2. The lowest BCUT2D eigenvalue weighted by molar-refractivity contribution is 0.194. The van der Waals surface area contributed by atoms with Gasteiger partial charge in [0.05, 0.1) is 6.10 Å². The highest BCUT2D eigenvalue weighted by Gasteiger charge is 2.20. The van der Waals surface area contributed by atoms with Crippen molar-refractivity contribution in [3.63, 3.8) is 0 Å². The highest BCUT2D eigenvalue weighted by atomic mass is 19.1. The van der Waals surface area contributed by atoms with Crippen molar-refractivity contribution in [1.82, 2.24) is 0 Å². The minimum Gasteiger partial charge on any atom is -0.389 e. The number of benzene rings is 2. The summed E-state index contributed by atoms with van der Waals surface area (Å²) in [6, 6.07) is 15.2. The van der Waals surface area contributed by atoms with Gasteiger partial charge in [-0.3, -0.25) is 0 Å². The Labute approximate surface area is 125 Å². The van der Waals surface area contributed by atoms with Crippen LogP contribution in [0.1, 0.15) is 38.0 Å². The lowest BCUT2D eigenvalue weighted by Crippen LogP contribution is -2.31. The van der Waals surface area contributed by atoms with Crippen molar-refractivity contribution in [2.75, 3.05) is 4.90 Å². The smallest absolute Gasteiger partial charge is 0.131 e. The molecule has 0 fully saturated rings. The highest BCUT2D eigenvalue weighted by Crippen LogP contribution is 2.31. The molecule has 1 unspecified atom stereocenters. The summed E-state index contributed by atoms with van der Waals surface area (Å²) in [4.78, 5) is 2.11. The number of anilines is 1. The first-order chi connectivity index (χ1) is 10.0. The van der Waals surface area contributed by atoms with Gasteiger partial charge in [-0.1, -0.05) is 36.4 Å². The van der Waals surface area contributed by atoms with Crippen LogP contribution in [0.2, 0.25) is 0 Å². The van der Waals surface area contributed by atoms with Crippen LogP contribution in [0.4, 0.5) is 10.1 Å². The standard InChI is InChI=1S/C18H22FNO/c1-13(2)20(12-15-8-5-4-6-9-15)17-11-7-10-16(19)18(17)14(3)21/h4-11,13-14,21H,12H2,1-3H3. The summed E-state index contributed by atoms with van der Waals surface area (Å²) < 4.78 is 14.1. The molecular formula is C18H22FNO. The number of hydrogen-bond donors (Lipinski definition) is 1. The molecular weight excluding hydrogens is 265 g/mol. The molecule has 0 aliphatic rings. The molecule has 0 saturated heterocycles. The molecule has 0 bridgehead atoms. The van der Waals surface area contributed by atoms with Crippen molar-refractivity contribution < 1.29 is 9.50 Å². The summed E-state index contributed by atoms with van der Waals surface area (Å²) in [5, 5.41) is 9.92. The molecule has 1 atom stereocenters. The second-order valence-electron chi connectivity index (χ2n) is 5.56. The van der Waals surface area contributed by atoms with Crippen LogP contribution in [0.15, 0.2) is 48.5 Å². The molecule has 0 aliphatic heterocycles. The normalized spacial score (nSPS) is 12.5. The SMILES string of the molecule is CC(O)c1c(F)cccc1N(Cc1ccccc1)C(C)C. The molecule has 0 saturated carbocycles. The van der Waals surface area contributed by atoms with Crippen molar-refractivity contribution in [2.24, 2.45) is 0 Å². The van der Waals surface area contributed by atoms with Gasteiger partial charge >= 0.3 is 0 Å². The van der Waals surface area contributed by atoms with E-state index in [-0.39, 0.29) is 11.9 Å². The maximum atomic E-state index is 14.1. The van der Waals surface area contributed by atoms with Gasteiger partial charge in [-0.25, -0.2) is 4.39 Å². The summed E-state index contributed by atoms with van der Waals surface area (Å²) in [7, 11) is 0. The van der Waals surface area contributed by atoms with Gasteiger partial charge in [0.2, 0.25) is 0 Å². The molecule has 0 aliphatic carbocycles. The van der Waals surface area contributed by atoms with Crippen molar-refractivity contribution in [3.05, 3.63) is 65.5 Å². The number of nitrogens with zero attached hydrogens (tertiary/aromatic N) is 1. The Kier molecular flexibility index (Phi) is 4.97. The van der Waals surface area contributed by atoms with E-state index in [0.717, 1.165) is 11.3 Å². The molecule has 2 aromatic carbocycles. The van der Waals surface area contributed by atoms with Gasteiger partial charge in [0, 0.05) is 23.8 Å². The van der Waals surface area contributed by atoms with Crippen LogP contribution in [0, 0.1) is 5.82 Å². The Balaban J connectivity index is 2.42. The van der Waals surface area contributed by atoms with E-state index in [1.54, 1.807) is 13.0 Å². The zero-order valence-electron chi connectivity index (χ0n) is 12.8. The fourth-order valence-corrected chi connectivity index (χ4v) is 2.52. The van der Waals surface area contributed by atoms with Crippen LogP contribution >= 0.6 is 0 Å². The van der Waals surface area contributed by atoms with E-state index in [0.29, 0.717) is 12.1 Å². The van der Waals surface area contributed by atoms with Gasteiger partial charge < -0.3 is 10.0 Å². The molecule has 0 amide bonds. The van der Waals surface area contributed by atoms with E-state index in [4.69, 9.17) is 0 Å². The molecule has 0 radical (unpaired) electrons. The lowest BCUT2D eigenvalue weighted by Gasteiger charge is -2.32. The van der Waals surface area contributed by atoms with E-state index >= 15 is 0 Å². The average molecular weight is 287 g/mol. The molecule has 2 aromatic rings. The first-order valence-electron chi connectivity index (χ1n) is 7.27. The van der Waals surface area contributed by atoms with Crippen LogP contribution < -0.4 is 4.90 Å². The average Bonchev–Trinajstić information content (AvgIpc) is 2.45. The predicted octanol–water partition coefficient (Wildman–Crippen LogP) is 4.29. The topological polar surface area (TPSA) is 23.5 Å². The van der Waals surface area contributed by atoms with Gasteiger partial charge in [0.1, 0.15) is 5.82 Å². The van der Waals surface area contributed by atoms with Crippen LogP contribution in [-0.4, -0.2) is 11.1 Å². The van der Waals surface area contributed by atoms with Crippen molar-refractivity contribution in [2.45, 2.75) is 39.5 Å². The molecule has 3 heteroatoms. The predicted molar refractivity (Wildman–Crippen MR) is 84.8 cm³/mol. The fraction of sp³-hybridized carbons (Fsp3) is 0.333. The third kappa shape index (κ3) is 3.61. The molecule has 0 aromatic heterocycles. The van der Waals surface area contributed by atoms with Gasteiger partial charge in [-0.15, -0.1) is 0 Å². The monoisotopic (exact) mass is 287 g/mol. The highest BCUT2D eigenvalue weighted by molar-refractivity contribution is 5.56. The van der Waals surface area contributed by atoms with Gasteiger partial charge in [-0.05, 0) is 38.5 Å². The molecule has 21 heavy (non-hydrogen) atoms. The molecule has 112 valence electrons. The minimum atomic E-state index is -0.835. The van der Waals surface area contributed by atoms with Crippen molar-refractivity contribution in [1.29, 1.82) is 0 Å². The van der Waals surface area contributed by atoms with E-state index in [1.807, 2.05) is 24.3 Å². The number of aliphatic hydroxyl groups excluding tert-OH is 1. The quantitative estimate of drug-likeness (QED) is 0.886. The molecule has 2 nitrogen and oxygen atoms in total. The van der Waals surface area contributed by atoms with E-state index in [9.17, 15) is 9.50 Å². The van der Waals surface area contributed by atoms with Crippen LogP contribution in [0.25, 0.3) is 0 Å². The van der Waals surface area contributed by atoms with Crippen molar-refractivity contribution >= 4 is 5.69 Å². The van der Waals surface area contributed by atoms with E-state index in [1.165, 1.54) is 6.07 Å². The Hall–Kier alpha value is -1.87. The Morgan fingerprint density at radius 2 is 1.67 bits per heavy atom. The number of halogens is 1. The maximum Gasteiger partial charge on any atom is 0.131 e. The third-order valence-electron chi connectivity index (χ3n) is 3.58. The summed E-state index contributed by atoms with van der Waals surface area (Å²) in [5.74, 6) is -0.360. The first kappa shape index (κ1) is 15.5. The fourth-order valence-electron chi connectivity index (χ4n) is 2.52.